The molecule has 0 aliphatic carbocycles. The molecule has 0 saturated heterocycles. The fourth-order valence-electron chi connectivity index (χ4n) is 2.73. The molecule has 28 heavy (non-hydrogen) atoms. The third-order valence-corrected chi connectivity index (χ3v) is 4.23. The van der Waals surface area contributed by atoms with Crippen molar-refractivity contribution in [3.8, 4) is 5.69 Å². The first kappa shape index (κ1) is 19.0. The second-order valence-electron chi connectivity index (χ2n) is 6.24. The normalized spacial score (nSPS) is 10.4. The summed E-state index contributed by atoms with van der Waals surface area (Å²) in [5, 5.41) is 6.78. The van der Waals surface area contributed by atoms with Gasteiger partial charge in [-0.1, -0.05) is 30.3 Å². The van der Waals surface area contributed by atoms with Crippen molar-refractivity contribution in [1.29, 1.82) is 0 Å². The van der Waals surface area contributed by atoms with Gasteiger partial charge in [-0.3, -0.25) is 14.4 Å². The van der Waals surface area contributed by atoms with Crippen molar-refractivity contribution in [2.24, 2.45) is 0 Å². The van der Waals surface area contributed by atoms with Crippen LogP contribution in [-0.2, 0) is 6.54 Å². The van der Waals surface area contributed by atoms with Gasteiger partial charge in [0.25, 0.3) is 17.4 Å². The van der Waals surface area contributed by atoms with Crippen molar-refractivity contribution in [3.05, 3.63) is 93.9 Å². The van der Waals surface area contributed by atoms with Crippen molar-refractivity contribution in [2.75, 3.05) is 14.1 Å². The van der Waals surface area contributed by atoms with E-state index in [1.54, 1.807) is 62.6 Å². The molecular weight excluding hydrogens is 356 g/mol. The van der Waals surface area contributed by atoms with E-state index in [4.69, 9.17) is 0 Å². The Morgan fingerprint density at radius 2 is 1.68 bits per heavy atom. The maximum atomic E-state index is 12.7. The smallest absolute Gasteiger partial charge is 0.274 e. The number of para-hydroxylation sites is 1. The predicted molar refractivity (Wildman–Crippen MR) is 105 cm³/mol. The van der Waals surface area contributed by atoms with Crippen LogP contribution < -0.4 is 10.9 Å². The summed E-state index contributed by atoms with van der Waals surface area (Å²) in [4.78, 5) is 38.0. The fourth-order valence-corrected chi connectivity index (χ4v) is 2.73. The summed E-state index contributed by atoms with van der Waals surface area (Å²) < 4.78 is 1.21. The number of hydrogen-bond acceptors (Lipinski definition) is 4. The first-order valence-corrected chi connectivity index (χ1v) is 8.72. The Kier molecular flexibility index (Phi) is 5.64. The van der Waals surface area contributed by atoms with Crippen LogP contribution in [0.2, 0.25) is 0 Å². The molecule has 0 aliphatic heterocycles. The summed E-state index contributed by atoms with van der Waals surface area (Å²) in [6, 6.07) is 18.7. The van der Waals surface area contributed by atoms with Gasteiger partial charge in [0, 0.05) is 32.3 Å². The molecule has 2 aromatic carbocycles. The predicted octanol–water partition coefficient (Wildman–Crippen LogP) is 1.86. The fraction of sp³-hybridized carbons (Fsp3) is 0.143. The highest BCUT2D eigenvalue weighted by Crippen LogP contribution is 2.10. The first-order chi connectivity index (χ1) is 13.5. The molecule has 1 N–H and O–H groups in total. The number of rotatable bonds is 5. The van der Waals surface area contributed by atoms with Crippen LogP contribution in [0.1, 0.15) is 26.4 Å². The van der Waals surface area contributed by atoms with Crippen LogP contribution in [0.15, 0.2) is 71.5 Å². The molecule has 3 rings (SSSR count). The van der Waals surface area contributed by atoms with Crippen LogP contribution in [0.5, 0.6) is 0 Å². The second-order valence-corrected chi connectivity index (χ2v) is 6.24. The zero-order chi connectivity index (χ0) is 20.1. The van der Waals surface area contributed by atoms with Gasteiger partial charge < -0.3 is 10.2 Å². The van der Waals surface area contributed by atoms with Gasteiger partial charge in [-0.05, 0) is 35.9 Å². The highest BCUT2D eigenvalue weighted by atomic mass is 16.2. The lowest BCUT2D eigenvalue weighted by Crippen LogP contribution is -2.30. The molecule has 142 valence electrons. The van der Waals surface area contributed by atoms with E-state index in [9.17, 15) is 14.4 Å². The Labute approximate surface area is 162 Å². The minimum absolute atomic E-state index is 0.164. The Balaban J connectivity index is 1.78. The van der Waals surface area contributed by atoms with E-state index in [1.807, 2.05) is 6.07 Å². The van der Waals surface area contributed by atoms with Gasteiger partial charge >= 0.3 is 0 Å². The zero-order valence-corrected chi connectivity index (χ0v) is 15.6. The number of benzene rings is 2. The molecule has 0 atom stereocenters. The Morgan fingerprint density at radius 3 is 2.32 bits per heavy atom. The van der Waals surface area contributed by atoms with Crippen LogP contribution in [0.4, 0.5) is 0 Å². The lowest BCUT2D eigenvalue weighted by Gasteiger charge is -2.17. The first-order valence-electron chi connectivity index (χ1n) is 8.72. The summed E-state index contributed by atoms with van der Waals surface area (Å²) in [6.45, 7) is 0.346. The molecule has 0 saturated carbocycles. The van der Waals surface area contributed by atoms with Crippen molar-refractivity contribution < 1.29 is 9.59 Å². The van der Waals surface area contributed by atoms with Crippen molar-refractivity contribution >= 4 is 11.8 Å². The molecular formula is C21H20N4O3. The molecule has 1 heterocycles. The largest absolute Gasteiger partial charge is 0.355 e. The van der Waals surface area contributed by atoms with Crippen LogP contribution in [0.25, 0.3) is 5.69 Å². The van der Waals surface area contributed by atoms with E-state index in [0.29, 0.717) is 17.8 Å². The summed E-state index contributed by atoms with van der Waals surface area (Å²) >= 11 is 0. The summed E-state index contributed by atoms with van der Waals surface area (Å²) in [5.41, 5.74) is 1.88. The quantitative estimate of drug-likeness (QED) is 0.737. The number of carbonyl (C=O) groups excluding carboxylic acids is 2. The van der Waals surface area contributed by atoms with E-state index in [2.05, 4.69) is 10.4 Å². The van der Waals surface area contributed by atoms with Gasteiger partial charge in [-0.25, -0.2) is 0 Å². The SMILES string of the molecule is CNC(=O)c1ccc(CN(C)C(=O)c2ccc(=O)n(-c3ccccc3)n2)cc1. The second kappa shape index (κ2) is 8.30. The van der Waals surface area contributed by atoms with E-state index < -0.39 is 0 Å². The number of carbonyl (C=O) groups is 2. The topological polar surface area (TPSA) is 84.3 Å². The van der Waals surface area contributed by atoms with Gasteiger partial charge in [0.05, 0.1) is 5.69 Å². The van der Waals surface area contributed by atoms with Crippen LogP contribution >= 0.6 is 0 Å². The zero-order valence-electron chi connectivity index (χ0n) is 15.6. The number of hydrogen-bond donors (Lipinski definition) is 1. The monoisotopic (exact) mass is 376 g/mol. The molecule has 1 aromatic heterocycles. The average Bonchev–Trinajstić information content (AvgIpc) is 2.74. The number of aromatic nitrogens is 2. The Morgan fingerprint density at radius 1 is 1.00 bits per heavy atom. The Bertz CT molecular complexity index is 1040. The molecule has 0 bridgehead atoms. The molecule has 0 radical (unpaired) electrons. The van der Waals surface area contributed by atoms with Gasteiger partial charge in [-0.2, -0.15) is 9.78 Å². The third-order valence-electron chi connectivity index (χ3n) is 4.23. The maximum Gasteiger partial charge on any atom is 0.274 e. The molecule has 0 aliphatic rings. The van der Waals surface area contributed by atoms with Crippen LogP contribution in [0.3, 0.4) is 0 Å². The molecule has 3 aromatic rings. The molecule has 7 heteroatoms. The van der Waals surface area contributed by atoms with Crippen LogP contribution in [0, 0.1) is 0 Å². The summed E-state index contributed by atoms with van der Waals surface area (Å²) in [6.07, 6.45) is 0. The minimum Gasteiger partial charge on any atom is -0.355 e. The summed E-state index contributed by atoms with van der Waals surface area (Å²) in [7, 11) is 3.24. The number of nitrogens with one attached hydrogen (secondary N) is 1. The lowest BCUT2D eigenvalue weighted by molar-refractivity contribution is 0.0776. The van der Waals surface area contributed by atoms with E-state index >= 15 is 0 Å². The number of nitrogens with zero attached hydrogens (tertiary/aromatic N) is 3. The van der Waals surface area contributed by atoms with Gasteiger partial charge in [0.15, 0.2) is 0 Å². The van der Waals surface area contributed by atoms with Crippen molar-refractivity contribution in [1.82, 2.24) is 20.0 Å². The minimum atomic E-state index is -0.310. The maximum absolute atomic E-state index is 12.7. The van der Waals surface area contributed by atoms with Crippen LogP contribution in [-0.4, -0.2) is 40.6 Å². The van der Waals surface area contributed by atoms with Gasteiger partial charge in [0.1, 0.15) is 5.69 Å². The van der Waals surface area contributed by atoms with E-state index in [1.165, 1.54) is 21.7 Å². The number of amides is 2. The standard InChI is InChI=1S/C21H20N4O3/c1-22-20(27)16-10-8-15(9-11-16)14-24(2)21(28)18-12-13-19(26)25(23-18)17-6-4-3-5-7-17/h3-13H,14H2,1-2H3,(H,22,27). The Hall–Kier alpha value is -3.74. The van der Waals surface area contributed by atoms with Gasteiger partial charge in [0.2, 0.25) is 0 Å². The highest BCUT2D eigenvalue weighted by Gasteiger charge is 2.16. The molecule has 2 amide bonds. The van der Waals surface area contributed by atoms with E-state index in [0.717, 1.165) is 5.56 Å². The highest BCUT2D eigenvalue weighted by molar-refractivity contribution is 5.94. The lowest BCUT2D eigenvalue weighted by atomic mass is 10.1. The van der Waals surface area contributed by atoms with Crippen molar-refractivity contribution in [3.63, 3.8) is 0 Å². The molecule has 0 spiro atoms. The van der Waals surface area contributed by atoms with Gasteiger partial charge in [-0.15, -0.1) is 0 Å². The molecule has 0 unspecified atom stereocenters. The molecule has 7 nitrogen and oxygen atoms in total. The van der Waals surface area contributed by atoms with E-state index in [-0.39, 0.29) is 23.1 Å². The average molecular weight is 376 g/mol. The summed E-state index contributed by atoms with van der Waals surface area (Å²) in [5.74, 6) is -0.469. The van der Waals surface area contributed by atoms with Crippen molar-refractivity contribution in [2.45, 2.75) is 6.54 Å². The third kappa shape index (κ3) is 4.15. The molecule has 0 fully saturated rings.